The van der Waals surface area contributed by atoms with Crippen molar-refractivity contribution in [2.45, 2.75) is 6.54 Å². The molecule has 2 rings (SSSR count). The third kappa shape index (κ3) is 3.75. The first-order valence-corrected chi connectivity index (χ1v) is 6.32. The van der Waals surface area contributed by atoms with E-state index < -0.39 is 5.82 Å². The largest absolute Gasteiger partial charge is 0.481 e. The lowest BCUT2D eigenvalue weighted by molar-refractivity contribution is 0.366. The third-order valence-corrected chi connectivity index (χ3v) is 2.85. The van der Waals surface area contributed by atoms with Crippen LogP contribution in [0.2, 0.25) is 0 Å². The van der Waals surface area contributed by atoms with Crippen molar-refractivity contribution in [2.24, 2.45) is 0 Å². The molecule has 4 heteroatoms. The van der Waals surface area contributed by atoms with Crippen molar-refractivity contribution in [3.05, 3.63) is 59.4 Å². The van der Waals surface area contributed by atoms with E-state index in [1.54, 1.807) is 6.07 Å². The van der Waals surface area contributed by atoms with E-state index in [1.165, 1.54) is 12.1 Å². The second-order valence-electron chi connectivity index (χ2n) is 4.26. The van der Waals surface area contributed by atoms with Gasteiger partial charge in [0.2, 0.25) is 0 Å². The van der Waals surface area contributed by atoms with Gasteiger partial charge >= 0.3 is 0 Å². The van der Waals surface area contributed by atoms with Crippen LogP contribution in [-0.4, -0.2) is 6.61 Å². The van der Waals surface area contributed by atoms with Crippen LogP contribution in [0.25, 0.3) is 0 Å². The smallest absolute Gasteiger partial charge is 0.148 e. The molecule has 0 saturated heterocycles. The van der Waals surface area contributed by atoms with E-state index in [-0.39, 0.29) is 12.2 Å². The molecular formula is C17H13FN2O. The summed E-state index contributed by atoms with van der Waals surface area (Å²) in [5.74, 6) is 2.66. The molecule has 1 N–H and O–H groups in total. The highest BCUT2D eigenvalue weighted by atomic mass is 19.1. The Hall–Kier alpha value is -2.98. The fraction of sp³-hybridized carbons (Fsp3) is 0.118. The van der Waals surface area contributed by atoms with E-state index in [0.717, 1.165) is 5.56 Å². The van der Waals surface area contributed by atoms with Gasteiger partial charge in [-0.3, -0.25) is 0 Å². The number of hydrogen-bond donors (Lipinski definition) is 1. The second-order valence-corrected chi connectivity index (χ2v) is 4.26. The maximum Gasteiger partial charge on any atom is 0.148 e. The van der Waals surface area contributed by atoms with Crippen LogP contribution in [0.3, 0.4) is 0 Å². The zero-order valence-electron chi connectivity index (χ0n) is 11.3. The minimum Gasteiger partial charge on any atom is -0.481 e. The van der Waals surface area contributed by atoms with Gasteiger partial charge in [0.25, 0.3) is 0 Å². The molecule has 21 heavy (non-hydrogen) atoms. The molecule has 0 unspecified atom stereocenters. The maximum atomic E-state index is 13.1. The summed E-state index contributed by atoms with van der Waals surface area (Å²) in [6, 6.07) is 13.5. The molecular weight excluding hydrogens is 267 g/mol. The average molecular weight is 280 g/mol. The fourth-order valence-electron chi connectivity index (χ4n) is 1.86. The van der Waals surface area contributed by atoms with Gasteiger partial charge in [0.15, 0.2) is 0 Å². The molecule has 2 aromatic carbocycles. The highest BCUT2D eigenvalue weighted by molar-refractivity contribution is 5.57. The minimum atomic E-state index is -0.435. The van der Waals surface area contributed by atoms with Gasteiger partial charge in [0.05, 0.1) is 11.3 Å². The summed E-state index contributed by atoms with van der Waals surface area (Å²) in [6.45, 7) is 0.637. The number of para-hydroxylation sites is 1. The lowest BCUT2D eigenvalue weighted by atomic mass is 10.1. The summed E-state index contributed by atoms with van der Waals surface area (Å²) in [4.78, 5) is 0. The monoisotopic (exact) mass is 280 g/mol. The maximum absolute atomic E-state index is 13.1. The first kappa shape index (κ1) is 14.4. The Bertz CT molecular complexity index is 713. The van der Waals surface area contributed by atoms with Crippen LogP contribution < -0.4 is 10.1 Å². The number of benzene rings is 2. The van der Waals surface area contributed by atoms with Crippen molar-refractivity contribution in [3.8, 4) is 24.2 Å². The Balaban J connectivity index is 2.14. The Kier molecular flexibility index (Phi) is 4.79. The summed E-state index contributed by atoms with van der Waals surface area (Å²) in [5.41, 5.74) is 1.74. The highest BCUT2D eigenvalue weighted by Crippen LogP contribution is 2.21. The zero-order chi connectivity index (χ0) is 15.1. The lowest BCUT2D eigenvalue weighted by Gasteiger charge is -2.12. The molecule has 0 fully saturated rings. The Morgan fingerprint density at radius 3 is 2.81 bits per heavy atom. The first-order valence-electron chi connectivity index (χ1n) is 6.32. The van der Waals surface area contributed by atoms with Crippen LogP contribution in [0.4, 0.5) is 10.1 Å². The van der Waals surface area contributed by atoms with Crippen LogP contribution in [0.1, 0.15) is 11.1 Å². The van der Waals surface area contributed by atoms with E-state index in [9.17, 15) is 4.39 Å². The van der Waals surface area contributed by atoms with Gasteiger partial charge in [0, 0.05) is 12.1 Å². The average Bonchev–Trinajstić information content (AvgIpc) is 2.52. The molecule has 2 aromatic rings. The lowest BCUT2D eigenvalue weighted by Crippen LogP contribution is -2.04. The summed E-state index contributed by atoms with van der Waals surface area (Å²) in [7, 11) is 0. The van der Waals surface area contributed by atoms with E-state index in [0.29, 0.717) is 18.0 Å². The first-order chi connectivity index (χ1) is 10.2. The standard InChI is InChI=1S/C17H13FN2O/c1-2-9-21-17-6-4-3-5-13(17)12-20-16-8-7-15(18)10-14(16)11-19/h1,3-8,10,20H,9,12H2. The van der Waals surface area contributed by atoms with Crippen molar-refractivity contribution < 1.29 is 9.13 Å². The van der Waals surface area contributed by atoms with Gasteiger partial charge in [-0.15, -0.1) is 6.42 Å². The minimum absolute atomic E-state index is 0.191. The Labute approximate surface area is 123 Å². The van der Waals surface area contributed by atoms with Gasteiger partial charge in [-0.05, 0) is 24.3 Å². The van der Waals surface area contributed by atoms with Gasteiger partial charge in [-0.1, -0.05) is 24.1 Å². The van der Waals surface area contributed by atoms with Crippen molar-refractivity contribution in [2.75, 3.05) is 11.9 Å². The number of nitriles is 1. The van der Waals surface area contributed by atoms with E-state index >= 15 is 0 Å². The molecule has 0 bridgehead atoms. The zero-order valence-corrected chi connectivity index (χ0v) is 11.3. The summed E-state index contributed by atoms with van der Waals surface area (Å²) in [6.07, 6.45) is 5.18. The third-order valence-electron chi connectivity index (χ3n) is 2.85. The van der Waals surface area contributed by atoms with E-state index in [1.807, 2.05) is 30.3 Å². The van der Waals surface area contributed by atoms with E-state index in [2.05, 4.69) is 11.2 Å². The van der Waals surface area contributed by atoms with Crippen molar-refractivity contribution in [1.29, 1.82) is 5.26 Å². The van der Waals surface area contributed by atoms with Crippen molar-refractivity contribution in [3.63, 3.8) is 0 Å². The molecule has 0 spiro atoms. The SMILES string of the molecule is C#CCOc1ccccc1CNc1ccc(F)cc1C#N. The van der Waals surface area contributed by atoms with Crippen LogP contribution >= 0.6 is 0 Å². The number of terminal acetylenes is 1. The highest BCUT2D eigenvalue weighted by Gasteiger charge is 2.06. The molecule has 104 valence electrons. The normalized spacial score (nSPS) is 9.48. The molecule has 3 nitrogen and oxygen atoms in total. The second kappa shape index (κ2) is 6.98. The molecule has 0 saturated carbocycles. The van der Waals surface area contributed by atoms with Crippen LogP contribution in [0.5, 0.6) is 5.75 Å². The van der Waals surface area contributed by atoms with Gasteiger partial charge < -0.3 is 10.1 Å². The molecule has 0 radical (unpaired) electrons. The Morgan fingerprint density at radius 2 is 2.05 bits per heavy atom. The predicted octanol–water partition coefficient (Wildman–Crippen LogP) is 3.32. The number of rotatable bonds is 5. The fourth-order valence-corrected chi connectivity index (χ4v) is 1.86. The van der Waals surface area contributed by atoms with Gasteiger partial charge in [0.1, 0.15) is 24.2 Å². The number of nitrogens with zero attached hydrogens (tertiary/aromatic N) is 1. The summed E-state index contributed by atoms with van der Waals surface area (Å²) >= 11 is 0. The molecule has 0 aliphatic heterocycles. The molecule has 0 aliphatic carbocycles. The quantitative estimate of drug-likeness (QED) is 0.854. The molecule has 0 aliphatic rings. The summed E-state index contributed by atoms with van der Waals surface area (Å²) in [5, 5.41) is 12.1. The molecule has 0 heterocycles. The Morgan fingerprint density at radius 1 is 1.24 bits per heavy atom. The predicted molar refractivity (Wildman–Crippen MR) is 79.2 cm³/mol. The van der Waals surface area contributed by atoms with Crippen LogP contribution in [0.15, 0.2) is 42.5 Å². The number of nitrogens with one attached hydrogen (secondary N) is 1. The molecule has 0 amide bonds. The van der Waals surface area contributed by atoms with Crippen LogP contribution in [-0.2, 0) is 6.54 Å². The number of ether oxygens (including phenoxy) is 1. The topological polar surface area (TPSA) is 45.0 Å². The molecule has 0 aromatic heterocycles. The van der Waals surface area contributed by atoms with Gasteiger partial charge in [-0.2, -0.15) is 5.26 Å². The summed E-state index contributed by atoms with van der Waals surface area (Å²) < 4.78 is 18.5. The van der Waals surface area contributed by atoms with Crippen LogP contribution in [0, 0.1) is 29.5 Å². The van der Waals surface area contributed by atoms with Gasteiger partial charge in [-0.25, -0.2) is 4.39 Å². The number of anilines is 1. The van der Waals surface area contributed by atoms with Crippen molar-refractivity contribution in [1.82, 2.24) is 0 Å². The number of halogens is 1. The van der Waals surface area contributed by atoms with Crippen molar-refractivity contribution >= 4 is 5.69 Å². The number of hydrogen-bond acceptors (Lipinski definition) is 3. The van der Waals surface area contributed by atoms with E-state index in [4.69, 9.17) is 16.4 Å². The molecule has 0 atom stereocenters.